The lowest BCUT2D eigenvalue weighted by Gasteiger charge is -2.38. The van der Waals surface area contributed by atoms with Crippen molar-refractivity contribution in [2.45, 2.75) is 51.1 Å². The van der Waals surface area contributed by atoms with Crippen LogP contribution in [-0.2, 0) is 6.42 Å². The first-order valence-electron chi connectivity index (χ1n) is 7.36. The Kier molecular flexibility index (Phi) is 3.21. The molecule has 0 radical (unpaired) electrons. The van der Waals surface area contributed by atoms with Crippen molar-refractivity contribution in [2.24, 2.45) is 5.73 Å². The summed E-state index contributed by atoms with van der Waals surface area (Å²) in [5.41, 5.74) is 8.52. The van der Waals surface area contributed by atoms with Crippen LogP contribution in [0, 0.1) is 0 Å². The van der Waals surface area contributed by atoms with Crippen molar-refractivity contribution in [3.05, 3.63) is 24.0 Å². The third-order valence-corrected chi connectivity index (χ3v) is 4.35. The maximum atomic E-state index is 6.40. The number of fused-ring (bicyclic) bond motifs is 1. The molecule has 1 aliphatic rings. The van der Waals surface area contributed by atoms with Crippen molar-refractivity contribution in [2.75, 3.05) is 7.11 Å². The van der Waals surface area contributed by atoms with Crippen LogP contribution in [0.25, 0.3) is 11.0 Å². The van der Waals surface area contributed by atoms with Gasteiger partial charge in [0.15, 0.2) is 0 Å². The number of nitrogens with zero attached hydrogens (tertiary/aromatic N) is 2. The van der Waals surface area contributed by atoms with Gasteiger partial charge in [0.25, 0.3) is 0 Å². The van der Waals surface area contributed by atoms with Gasteiger partial charge >= 0.3 is 0 Å². The molecule has 4 nitrogen and oxygen atoms in total. The summed E-state index contributed by atoms with van der Waals surface area (Å²) in [6.07, 6.45) is 4.32. The Morgan fingerprint density at radius 1 is 1.40 bits per heavy atom. The number of benzene rings is 1. The van der Waals surface area contributed by atoms with Crippen molar-refractivity contribution in [3.8, 4) is 5.75 Å². The molecule has 3 rings (SSSR count). The maximum Gasteiger partial charge on any atom is 0.121 e. The van der Waals surface area contributed by atoms with Gasteiger partial charge in [-0.05, 0) is 45.2 Å². The summed E-state index contributed by atoms with van der Waals surface area (Å²) in [6, 6.07) is 6.47. The molecule has 1 aromatic carbocycles. The maximum absolute atomic E-state index is 6.40. The molecule has 4 heteroatoms. The van der Waals surface area contributed by atoms with E-state index in [4.69, 9.17) is 15.5 Å². The third kappa shape index (κ3) is 2.18. The number of hydrogen-bond donors (Lipinski definition) is 1. The molecule has 1 fully saturated rings. The average Bonchev–Trinajstić information content (AvgIpc) is 2.73. The van der Waals surface area contributed by atoms with Crippen LogP contribution >= 0.6 is 0 Å². The summed E-state index contributed by atoms with van der Waals surface area (Å²) in [7, 11) is 1.69. The van der Waals surface area contributed by atoms with Crippen LogP contribution < -0.4 is 10.5 Å². The normalized spacial score (nSPS) is 17.4. The van der Waals surface area contributed by atoms with Gasteiger partial charge in [0.1, 0.15) is 11.6 Å². The summed E-state index contributed by atoms with van der Waals surface area (Å²) in [5.74, 6) is 1.95. The molecule has 0 atom stereocenters. The molecular weight excluding hydrogens is 250 g/mol. The number of imidazole rings is 1. The van der Waals surface area contributed by atoms with Crippen molar-refractivity contribution in [1.82, 2.24) is 9.55 Å². The van der Waals surface area contributed by atoms with Crippen molar-refractivity contribution < 1.29 is 4.74 Å². The van der Waals surface area contributed by atoms with Gasteiger partial charge < -0.3 is 15.0 Å². The Morgan fingerprint density at radius 2 is 2.15 bits per heavy atom. The number of aromatic nitrogens is 2. The van der Waals surface area contributed by atoms with Gasteiger partial charge in [-0.25, -0.2) is 4.98 Å². The summed E-state index contributed by atoms with van der Waals surface area (Å²) in [6.45, 7) is 4.39. The van der Waals surface area contributed by atoms with E-state index in [0.717, 1.165) is 36.4 Å². The molecule has 108 valence electrons. The minimum Gasteiger partial charge on any atom is -0.497 e. The van der Waals surface area contributed by atoms with E-state index in [-0.39, 0.29) is 5.54 Å². The van der Waals surface area contributed by atoms with E-state index in [1.165, 1.54) is 11.9 Å². The molecule has 2 N–H and O–H groups in total. The number of rotatable bonds is 4. The molecule has 0 amide bonds. The fraction of sp³-hybridized carbons (Fsp3) is 0.562. The van der Waals surface area contributed by atoms with Crippen molar-refractivity contribution >= 4 is 11.0 Å². The largest absolute Gasteiger partial charge is 0.497 e. The Bertz CT molecular complexity index is 626. The number of hydrogen-bond acceptors (Lipinski definition) is 3. The first-order chi connectivity index (χ1) is 9.52. The zero-order valence-electron chi connectivity index (χ0n) is 12.5. The van der Waals surface area contributed by atoms with Gasteiger partial charge in [0, 0.05) is 24.1 Å². The monoisotopic (exact) mass is 273 g/mol. The van der Waals surface area contributed by atoms with Crippen LogP contribution in [-0.4, -0.2) is 22.2 Å². The molecular formula is C16H23N3O. The zero-order chi connectivity index (χ0) is 14.3. The number of ether oxygens (including phenoxy) is 1. The third-order valence-electron chi connectivity index (χ3n) is 4.35. The summed E-state index contributed by atoms with van der Waals surface area (Å²) in [4.78, 5) is 4.81. The van der Waals surface area contributed by atoms with E-state index in [9.17, 15) is 0 Å². The lowest BCUT2D eigenvalue weighted by atomic mass is 9.75. The highest BCUT2D eigenvalue weighted by Gasteiger charge is 2.34. The smallest absolute Gasteiger partial charge is 0.121 e. The fourth-order valence-electron chi connectivity index (χ4n) is 3.08. The van der Waals surface area contributed by atoms with Gasteiger partial charge in [0.05, 0.1) is 18.1 Å². The van der Waals surface area contributed by atoms with Crippen LogP contribution in [0.3, 0.4) is 0 Å². The lowest BCUT2D eigenvalue weighted by molar-refractivity contribution is 0.240. The highest BCUT2D eigenvalue weighted by Crippen LogP contribution is 2.34. The van der Waals surface area contributed by atoms with Gasteiger partial charge in [0.2, 0.25) is 0 Å². The Balaban J connectivity index is 2.07. The summed E-state index contributed by atoms with van der Waals surface area (Å²) < 4.78 is 7.60. The first kappa shape index (κ1) is 13.4. The fourth-order valence-corrected chi connectivity index (χ4v) is 3.08. The second-order valence-corrected chi connectivity index (χ2v) is 6.24. The molecule has 2 aromatic rings. The lowest BCUT2D eigenvalue weighted by Crippen LogP contribution is -2.49. The number of methoxy groups -OCH3 is 1. The van der Waals surface area contributed by atoms with Crippen LogP contribution in [0.4, 0.5) is 0 Å². The molecule has 1 aromatic heterocycles. The Morgan fingerprint density at radius 3 is 2.70 bits per heavy atom. The highest BCUT2D eigenvalue weighted by molar-refractivity contribution is 5.78. The summed E-state index contributed by atoms with van der Waals surface area (Å²) >= 11 is 0. The van der Waals surface area contributed by atoms with Gasteiger partial charge in [-0.2, -0.15) is 0 Å². The standard InChI is InChI=1S/C16H23N3O/c1-11(2)19-14-6-5-12(20-3)9-13(14)18-15(19)10-16(17)7-4-8-16/h5-6,9,11H,4,7-8,10,17H2,1-3H3. The second-order valence-electron chi connectivity index (χ2n) is 6.24. The second kappa shape index (κ2) is 4.77. The molecule has 1 saturated carbocycles. The molecule has 0 spiro atoms. The average molecular weight is 273 g/mol. The van der Waals surface area contributed by atoms with Crippen LogP contribution in [0.15, 0.2) is 18.2 Å². The Labute approximate surface area is 119 Å². The van der Waals surface area contributed by atoms with E-state index in [2.05, 4.69) is 24.5 Å². The van der Waals surface area contributed by atoms with Gasteiger partial charge in [-0.15, -0.1) is 0 Å². The highest BCUT2D eigenvalue weighted by atomic mass is 16.5. The van der Waals surface area contributed by atoms with Crippen LogP contribution in [0.1, 0.15) is 45.0 Å². The van der Waals surface area contributed by atoms with Gasteiger partial charge in [-0.3, -0.25) is 0 Å². The van der Waals surface area contributed by atoms with Crippen molar-refractivity contribution in [3.63, 3.8) is 0 Å². The first-order valence-corrected chi connectivity index (χ1v) is 7.36. The minimum atomic E-state index is -0.0435. The molecule has 1 aliphatic carbocycles. The van der Waals surface area contributed by atoms with Gasteiger partial charge in [-0.1, -0.05) is 0 Å². The molecule has 20 heavy (non-hydrogen) atoms. The Hall–Kier alpha value is -1.55. The van der Waals surface area contributed by atoms with Crippen LogP contribution in [0.2, 0.25) is 0 Å². The topological polar surface area (TPSA) is 53.1 Å². The molecule has 0 unspecified atom stereocenters. The predicted molar refractivity (Wildman–Crippen MR) is 81.1 cm³/mol. The number of nitrogens with two attached hydrogens (primary N) is 1. The van der Waals surface area contributed by atoms with E-state index in [1.807, 2.05) is 12.1 Å². The van der Waals surface area contributed by atoms with E-state index in [0.29, 0.717) is 6.04 Å². The molecule has 0 aliphatic heterocycles. The predicted octanol–water partition coefficient (Wildman–Crippen LogP) is 3.05. The van der Waals surface area contributed by atoms with E-state index in [1.54, 1.807) is 7.11 Å². The minimum absolute atomic E-state index is 0.0435. The van der Waals surface area contributed by atoms with E-state index < -0.39 is 0 Å². The quantitative estimate of drug-likeness (QED) is 0.931. The molecule has 1 heterocycles. The summed E-state index contributed by atoms with van der Waals surface area (Å²) in [5, 5.41) is 0. The SMILES string of the molecule is COc1ccc2c(c1)nc(CC1(N)CCC1)n2C(C)C. The van der Waals surface area contributed by atoms with E-state index >= 15 is 0 Å². The molecule has 0 saturated heterocycles. The molecule has 0 bridgehead atoms. The van der Waals surface area contributed by atoms with Crippen LogP contribution in [0.5, 0.6) is 5.75 Å². The zero-order valence-corrected chi connectivity index (χ0v) is 12.5. The van der Waals surface area contributed by atoms with Crippen molar-refractivity contribution in [1.29, 1.82) is 0 Å².